The number of pyridine rings is 1. The first kappa shape index (κ1) is 8.04. The average molecular weight is 174 g/mol. The van der Waals surface area contributed by atoms with Crippen LogP contribution in [0.5, 0.6) is 0 Å². The Kier molecular flexibility index (Phi) is 2.12. The molecule has 1 aromatic heterocycles. The molecule has 0 spiro atoms. The lowest BCUT2D eigenvalue weighted by atomic mass is 10.3. The van der Waals surface area contributed by atoms with Crippen molar-refractivity contribution in [3.05, 3.63) is 30.1 Å². The first-order valence-corrected chi connectivity index (χ1v) is 4.29. The molecule has 1 unspecified atom stereocenters. The van der Waals surface area contributed by atoms with Gasteiger partial charge in [-0.3, -0.25) is 4.98 Å². The smallest absolute Gasteiger partial charge is 0.180 e. The van der Waals surface area contributed by atoms with Gasteiger partial charge in [0.15, 0.2) is 12.0 Å². The third kappa shape index (κ3) is 1.61. The lowest BCUT2D eigenvalue weighted by Gasteiger charge is -1.94. The molecule has 0 aliphatic carbocycles. The second-order valence-corrected chi connectivity index (χ2v) is 2.80. The second-order valence-electron chi connectivity index (χ2n) is 2.80. The summed E-state index contributed by atoms with van der Waals surface area (Å²) < 4.78 is 0. The number of hydrogen-bond acceptors (Lipinski definition) is 4. The Hall–Kier alpha value is -1.58. The minimum absolute atomic E-state index is 0.00945. The fraction of sp³-hybridized carbons (Fsp3) is 0.333. The number of nitrogens with zero attached hydrogens (tertiary/aromatic N) is 4. The van der Waals surface area contributed by atoms with Crippen LogP contribution in [-0.2, 0) is 0 Å². The highest BCUT2D eigenvalue weighted by molar-refractivity contribution is 5.99. The monoisotopic (exact) mass is 174 g/mol. The van der Waals surface area contributed by atoms with E-state index in [1.165, 1.54) is 0 Å². The van der Waals surface area contributed by atoms with E-state index in [1.807, 2.05) is 19.1 Å². The van der Waals surface area contributed by atoms with Gasteiger partial charge in [0.1, 0.15) is 0 Å². The van der Waals surface area contributed by atoms with Gasteiger partial charge in [0, 0.05) is 18.0 Å². The highest BCUT2D eigenvalue weighted by Gasteiger charge is 2.12. The minimum Gasteiger partial charge on any atom is -0.264 e. The van der Waals surface area contributed by atoms with Crippen LogP contribution in [0.25, 0.3) is 0 Å². The minimum atomic E-state index is 0.00945. The van der Waals surface area contributed by atoms with E-state index in [0.29, 0.717) is 5.84 Å². The van der Waals surface area contributed by atoms with Crippen molar-refractivity contribution in [2.75, 3.05) is 0 Å². The van der Waals surface area contributed by atoms with Crippen LogP contribution < -0.4 is 0 Å². The molecule has 66 valence electrons. The summed E-state index contributed by atoms with van der Waals surface area (Å²) >= 11 is 0. The van der Waals surface area contributed by atoms with E-state index < -0.39 is 0 Å². The molecule has 1 aliphatic rings. The van der Waals surface area contributed by atoms with Gasteiger partial charge < -0.3 is 0 Å². The summed E-state index contributed by atoms with van der Waals surface area (Å²) in [7, 11) is 0. The summed E-state index contributed by atoms with van der Waals surface area (Å²) in [5.74, 6) is 0.694. The molecule has 1 aromatic rings. The Balaban J connectivity index is 2.25. The van der Waals surface area contributed by atoms with Gasteiger partial charge in [-0.15, -0.1) is 5.11 Å². The molecule has 2 rings (SSSR count). The molecule has 1 atom stereocenters. The van der Waals surface area contributed by atoms with Gasteiger partial charge in [-0.05, 0) is 18.6 Å². The van der Waals surface area contributed by atoms with Crippen LogP contribution >= 0.6 is 0 Å². The van der Waals surface area contributed by atoms with Crippen molar-refractivity contribution < 1.29 is 0 Å². The first-order chi connectivity index (χ1) is 6.40. The second kappa shape index (κ2) is 3.43. The van der Waals surface area contributed by atoms with Gasteiger partial charge in [0.25, 0.3) is 0 Å². The Labute approximate surface area is 76.4 Å². The maximum atomic E-state index is 4.32. The molecule has 0 saturated carbocycles. The van der Waals surface area contributed by atoms with Crippen molar-refractivity contribution >= 4 is 5.84 Å². The summed E-state index contributed by atoms with van der Waals surface area (Å²) in [5.41, 5.74) is 0.933. The molecule has 2 heterocycles. The molecular weight excluding hydrogens is 164 g/mol. The van der Waals surface area contributed by atoms with E-state index in [2.05, 4.69) is 20.2 Å². The SMILES string of the molecule is CCC1N=NC(c2cccnc2)=N1. The molecule has 4 heteroatoms. The van der Waals surface area contributed by atoms with Crippen molar-refractivity contribution in [1.82, 2.24) is 4.98 Å². The summed E-state index contributed by atoms with van der Waals surface area (Å²) in [6.07, 6.45) is 4.38. The number of hydrogen-bond donors (Lipinski definition) is 0. The van der Waals surface area contributed by atoms with E-state index in [1.54, 1.807) is 12.4 Å². The topological polar surface area (TPSA) is 50.0 Å². The summed E-state index contributed by atoms with van der Waals surface area (Å²) in [6, 6.07) is 3.80. The maximum absolute atomic E-state index is 4.32. The van der Waals surface area contributed by atoms with Crippen LogP contribution in [0, 0.1) is 0 Å². The zero-order chi connectivity index (χ0) is 9.10. The third-order valence-corrected chi connectivity index (χ3v) is 1.84. The maximum Gasteiger partial charge on any atom is 0.180 e. The quantitative estimate of drug-likeness (QED) is 0.676. The summed E-state index contributed by atoms with van der Waals surface area (Å²) in [6.45, 7) is 2.04. The van der Waals surface area contributed by atoms with Crippen LogP contribution in [0.4, 0.5) is 0 Å². The molecule has 0 fully saturated rings. The van der Waals surface area contributed by atoms with Crippen LogP contribution in [0.3, 0.4) is 0 Å². The fourth-order valence-electron chi connectivity index (χ4n) is 1.11. The van der Waals surface area contributed by atoms with Crippen LogP contribution in [0.2, 0.25) is 0 Å². The Bertz CT molecular complexity index is 342. The number of aromatic nitrogens is 1. The van der Waals surface area contributed by atoms with Gasteiger partial charge >= 0.3 is 0 Å². The van der Waals surface area contributed by atoms with E-state index in [9.17, 15) is 0 Å². The molecule has 0 bridgehead atoms. The standard InChI is InChI=1S/C9H10N4/c1-2-8-11-9(13-12-8)7-4-3-5-10-6-7/h3-6,8H,2H2,1H3. The molecule has 13 heavy (non-hydrogen) atoms. The van der Waals surface area contributed by atoms with Gasteiger partial charge in [0.2, 0.25) is 0 Å². The van der Waals surface area contributed by atoms with Gasteiger partial charge in [-0.2, -0.15) is 5.11 Å². The highest BCUT2D eigenvalue weighted by atomic mass is 15.3. The number of amidine groups is 1. The van der Waals surface area contributed by atoms with Crippen LogP contribution in [0.1, 0.15) is 18.9 Å². The zero-order valence-corrected chi connectivity index (χ0v) is 7.38. The zero-order valence-electron chi connectivity index (χ0n) is 7.38. The van der Waals surface area contributed by atoms with Crippen molar-refractivity contribution in [3.8, 4) is 0 Å². The molecule has 4 nitrogen and oxygen atoms in total. The van der Waals surface area contributed by atoms with Crippen LogP contribution in [0.15, 0.2) is 39.7 Å². The summed E-state index contributed by atoms with van der Waals surface area (Å²) in [5, 5.41) is 8.00. The van der Waals surface area contributed by atoms with Gasteiger partial charge in [-0.1, -0.05) is 6.92 Å². The predicted molar refractivity (Wildman–Crippen MR) is 49.7 cm³/mol. The first-order valence-electron chi connectivity index (χ1n) is 4.29. The normalized spacial score (nSPS) is 20.4. The Morgan fingerprint density at radius 2 is 2.38 bits per heavy atom. The fourth-order valence-corrected chi connectivity index (χ4v) is 1.11. The van der Waals surface area contributed by atoms with Crippen molar-refractivity contribution in [2.45, 2.75) is 19.5 Å². The van der Waals surface area contributed by atoms with Gasteiger partial charge in [0.05, 0.1) is 0 Å². The summed E-state index contributed by atoms with van der Waals surface area (Å²) in [4.78, 5) is 8.32. The number of rotatable bonds is 2. The van der Waals surface area contributed by atoms with Crippen molar-refractivity contribution in [2.24, 2.45) is 15.2 Å². The molecular formula is C9H10N4. The molecule has 0 radical (unpaired) electrons. The molecule has 0 amide bonds. The molecule has 1 aliphatic heterocycles. The number of aliphatic imine (C=N–C) groups is 1. The molecule has 0 N–H and O–H groups in total. The van der Waals surface area contributed by atoms with E-state index in [4.69, 9.17) is 0 Å². The average Bonchev–Trinajstić information content (AvgIpc) is 2.67. The van der Waals surface area contributed by atoms with Gasteiger partial charge in [-0.25, -0.2) is 4.99 Å². The van der Waals surface area contributed by atoms with Crippen molar-refractivity contribution in [3.63, 3.8) is 0 Å². The van der Waals surface area contributed by atoms with E-state index in [-0.39, 0.29) is 6.17 Å². The third-order valence-electron chi connectivity index (χ3n) is 1.84. The lowest BCUT2D eigenvalue weighted by molar-refractivity contribution is 0.683. The molecule has 0 aromatic carbocycles. The Morgan fingerprint density at radius 3 is 3.00 bits per heavy atom. The number of azo groups is 1. The Morgan fingerprint density at radius 1 is 1.46 bits per heavy atom. The van der Waals surface area contributed by atoms with Crippen molar-refractivity contribution in [1.29, 1.82) is 0 Å². The van der Waals surface area contributed by atoms with E-state index >= 15 is 0 Å². The predicted octanol–water partition coefficient (Wildman–Crippen LogP) is 2.03. The highest BCUT2D eigenvalue weighted by Crippen LogP contribution is 2.13. The van der Waals surface area contributed by atoms with Crippen LogP contribution in [-0.4, -0.2) is 17.0 Å². The molecule has 0 saturated heterocycles. The lowest BCUT2D eigenvalue weighted by Crippen LogP contribution is -1.97. The largest absolute Gasteiger partial charge is 0.264 e. The van der Waals surface area contributed by atoms with E-state index in [0.717, 1.165) is 12.0 Å².